The molecule has 0 spiro atoms. The van der Waals surface area contributed by atoms with Crippen LogP contribution in [0.25, 0.3) is 0 Å². The summed E-state index contributed by atoms with van der Waals surface area (Å²) in [6.07, 6.45) is 6.60. The first-order valence-electron chi connectivity index (χ1n) is 7.66. The predicted octanol–water partition coefficient (Wildman–Crippen LogP) is 4.17. The van der Waals surface area contributed by atoms with Crippen LogP contribution in [0.3, 0.4) is 0 Å². The molecule has 2 fully saturated rings. The van der Waals surface area contributed by atoms with Gasteiger partial charge in [-0.1, -0.05) is 22.9 Å². The molecule has 1 N–H and O–H groups in total. The van der Waals surface area contributed by atoms with Gasteiger partial charge < -0.3 is 10.1 Å². The van der Waals surface area contributed by atoms with Gasteiger partial charge in [-0.05, 0) is 67.2 Å². The number of benzene rings is 1. The van der Waals surface area contributed by atoms with E-state index in [-0.39, 0.29) is 0 Å². The summed E-state index contributed by atoms with van der Waals surface area (Å²) in [5.74, 6) is 1.89. The summed E-state index contributed by atoms with van der Waals surface area (Å²) in [6.45, 7) is 3.58. The van der Waals surface area contributed by atoms with E-state index in [0.29, 0.717) is 5.41 Å². The molecule has 3 rings (SSSR count). The molecule has 1 aromatic carbocycles. The number of hydrogen-bond acceptors (Lipinski definition) is 2. The number of rotatable bonds is 7. The molecule has 2 aliphatic rings. The number of halogens is 1. The van der Waals surface area contributed by atoms with E-state index >= 15 is 0 Å². The van der Waals surface area contributed by atoms with Gasteiger partial charge in [0.1, 0.15) is 5.75 Å². The van der Waals surface area contributed by atoms with Gasteiger partial charge >= 0.3 is 0 Å². The van der Waals surface area contributed by atoms with Gasteiger partial charge in [0.25, 0.3) is 0 Å². The zero-order valence-corrected chi connectivity index (χ0v) is 14.0. The number of methoxy groups -OCH3 is 1. The Bertz CT molecular complexity index is 482. The molecular weight excluding hydrogens is 314 g/mol. The number of hydrogen-bond donors (Lipinski definition) is 1. The lowest BCUT2D eigenvalue weighted by atomic mass is 9.78. The fourth-order valence-electron chi connectivity index (χ4n) is 3.12. The maximum Gasteiger partial charge on any atom is 0.122 e. The Hall–Kier alpha value is -0.540. The Balaban J connectivity index is 1.76. The van der Waals surface area contributed by atoms with Gasteiger partial charge in [0.15, 0.2) is 0 Å². The minimum absolute atomic E-state index is 0.358. The molecule has 0 aromatic heterocycles. The molecule has 110 valence electrons. The predicted molar refractivity (Wildman–Crippen MR) is 86.3 cm³/mol. The van der Waals surface area contributed by atoms with E-state index in [4.69, 9.17) is 4.74 Å². The fourth-order valence-corrected chi connectivity index (χ4v) is 3.53. The van der Waals surface area contributed by atoms with Crippen molar-refractivity contribution in [2.45, 2.75) is 45.1 Å². The van der Waals surface area contributed by atoms with Crippen LogP contribution in [0.5, 0.6) is 5.75 Å². The fraction of sp³-hybridized carbons (Fsp3) is 0.647. The average molecular weight is 338 g/mol. The van der Waals surface area contributed by atoms with E-state index in [1.54, 1.807) is 7.11 Å². The Morgan fingerprint density at radius 1 is 1.30 bits per heavy atom. The minimum Gasteiger partial charge on any atom is -0.496 e. The van der Waals surface area contributed by atoms with Gasteiger partial charge in [-0.25, -0.2) is 0 Å². The standard InChI is InChI=1S/C17H24BrNO/c1-17(13-3-4-13,11-19-15-6-7-15)10-12-9-14(18)5-8-16(12)20-2/h5,8-9,13,15,19H,3-4,6-7,10-11H2,1-2H3. The maximum atomic E-state index is 5.54. The molecule has 0 aliphatic heterocycles. The van der Waals surface area contributed by atoms with Gasteiger partial charge in [-0.3, -0.25) is 0 Å². The topological polar surface area (TPSA) is 21.3 Å². The van der Waals surface area contributed by atoms with Crippen molar-refractivity contribution in [2.24, 2.45) is 11.3 Å². The molecule has 0 saturated heterocycles. The third-order valence-electron chi connectivity index (χ3n) is 4.77. The smallest absolute Gasteiger partial charge is 0.122 e. The molecule has 0 amide bonds. The quantitative estimate of drug-likeness (QED) is 0.806. The molecule has 20 heavy (non-hydrogen) atoms. The van der Waals surface area contributed by atoms with Crippen molar-refractivity contribution >= 4 is 15.9 Å². The Labute approximate surface area is 130 Å². The third kappa shape index (κ3) is 3.37. The molecule has 2 aliphatic carbocycles. The number of nitrogens with one attached hydrogen (secondary N) is 1. The van der Waals surface area contributed by atoms with Crippen LogP contribution in [0.4, 0.5) is 0 Å². The molecule has 0 radical (unpaired) electrons. The summed E-state index contributed by atoms with van der Waals surface area (Å²) in [7, 11) is 1.77. The molecule has 2 nitrogen and oxygen atoms in total. The van der Waals surface area contributed by atoms with Crippen molar-refractivity contribution in [1.29, 1.82) is 0 Å². The second-order valence-corrected chi connectivity index (χ2v) is 7.63. The van der Waals surface area contributed by atoms with Gasteiger partial charge in [0.2, 0.25) is 0 Å². The Morgan fingerprint density at radius 2 is 2.05 bits per heavy atom. The third-order valence-corrected chi connectivity index (χ3v) is 5.26. The zero-order valence-electron chi connectivity index (χ0n) is 12.4. The van der Waals surface area contributed by atoms with E-state index in [0.717, 1.165) is 35.1 Å². The molecule has 1 aromatic rings. The zero-order chi connectivity index (χ0) is 14.2. The lowest BCUT2D eigenvalue weighted by Gasteiger charge is -2.31. The lowest BCUT2D eigenvalue weighted by Crippen LogP contribution is -2.36. The molecular formula is C17H24BrNO. The van der Waals surface area contributed by atoms with Gasteiger partial charge in [-0.2, -0.15) is 0 Å². The summed E-state index contributed by atoms with van der Waals surface area (Å²) >= 11 is 3.59. The first-order chi connectivity index (χ1) is 9.60. The molecule has 2 saturated carbocycles. The monoisotopic (exact) mass is 337 g/mol. The summed E-state index contributed by atoms with van der Waals surface area (Å²) in [5, 5.41) is 3.74. The highest BCUT2D eigenvalue weighted by Gasteiger charge is 2.42. The normalized spacial score (nSPS) is 21.6. The van der Waals surface area contributed by atoms with Gasteiger partial charge in [0.05, 0.1) is 7.11 Å². The molecule has 1 atom stereocenters. The van der Waals surface area contributed by atoms with Gasteiger partial charge in [0, 0.05) is 17.1 Å². The van der Waals surface area contributed by atoms with Crippen LogP contribution < -0.4 is 10.1 Å². The highest BCUT2D eigenvalue weighted by molar-refractivity contribution is 9.10. The van der Waals surface area contributed by atoms with Gasteiger partial charge in [-0.15, -0.1) is 0 Å². The van der Waals surface area contributed by atoms with E-state index < -0.39 is 0 Å². The second kappa shape index (κ2) is 5.69. The second-order valence-electron chi connectivity index (χ2n) is 6.72. The lowest BCUT2D eigenvalue weighted by molar-refractivity contribution is 0.251. The molecule has 3 heteroatoms. The summed E-state index contributed by atoms with van der Waals surface area (Å²) < 4.78 is 6.68. The molecule has 0 heterocycles. The first kappa shape index (κ1) is 14.4. The van der Waals surface area contributed by atoms with Crippen LogP contribution in [0, 0.1) is 11.3 Å². The summed E-state index contributed by atoms with van der Waals surface area (Å²) in [4.78, 5) is 0. The van der Waals surface area contributed by atoms with Crippen molar-refractivity contribution in [1.82, 2.24) is 5.32 Å². The Morgan fingerprint density at radius 3 is 2.65 bits per heavy atom. The van der Waals surface area contributed by atoms with Crippen LogP contribution in [0.15, 0.2) is 22.7 Å². The Kier molecular flexibility index (Phi) is 4.09. The van der Waals surface area contributed by atoms with Crippen molar-refractivity contribution < 1.29 is 4.74 Å². The SMILES string of the molecule is COc1ccc(Br)cc1CC(C)(CNC1CC1)C1CC1. The molecule has 0 bridgehead atoms. The highest BCUT2D eigenvalue weighted by Crippen LogP contribution is 2.48. The maximum absolute atomic E-state index is 5.54. The highest BCUT2D eigenvalue weighted by atomic mass is 79.9. The average Bonchev–Trinajstić information content (AvgIpc) is 3.30. The van der Waals surface area contributed by atoms with Crippen LogP contribution >= 0.6 is 15.9 Å². The first-order valence-corrected chi connectivity index (χ1v) is 8.46. The van der Waals surface area contributed by atoms with Crippen LogP contribution in [0.1, 0.15) is 38.2 Å². The summed E-state index contributed by atoms with van der Waals surface area (Å²) in [5.41, 5.74) is 1.69. The van der Waals surface area contributed by atoms with Crippen LogP contribution in [0.2, 0.25) is 0 Å². The van der Waals surface area contributed by atoms with E-state index in [9.17, 15) is 0 Å². The van der Waals surface area contributed by atoms with Crippen LogP contribution in [-0.2, 0) is 6.42 Å². The van der Waals surface area contributed by atoms with Crippen molar-refractivity contribution in [2.75, 3.05) is 13.7 Å². The summed E-state index contributed by atoms with van der Waals surface area (Å²) in [6, 6.07) is 7.13. The molecule has 1 unspecified atom stereocenters. The van der Waals surface area contributed by atoms with Crippen molar-refractivity contribution in [3.05, 3.63) is 28.2 Å². The largest absolute Gasteiger partial charge is 0.496 e. The number of ether oxygens (including phenoxy) is 1. The van der Waals surface area contributed by atoms with E-state index in [1.165, 1.54) is 31.2 Å². The van der Waals surface area contributed by atoms with E-state index in [1.807, 2.05) is 0 Å². The van der Waals surface area contributed by atoms with Crippen molar-refractivity contribution in [3.8, 4) is 5.75 Å². The minimum atomic E-state index is 0.358. The van der Waals surface area contributed by atoms with E-state index in [2.05, 4.69) is 46.4 Å². The van der Waals surface area contributed by atoms with Crippen molar-refractivity contribution in [3.63, 3.8) is 0 Å². The van der Waals surface area contributed by atoms with Crippen LogP contribution in [-0.4, -0.2) is 19.7 Å².